The molecule has 0 spiro atoms. The van der Waals surface area contributed by atoms with Gasteiger partial charge in [0.25, 0.3) is 0 Å². The highest BCUT2D eigenvalue weighted by molar-refractivity contribution is 9.10. The van der Waals surface area contributed by atoms with Crippen molar-refractivity contribution < 1.29 is 9.13 Å². The largest absolute Gasteiger partial charge is 0.368 e. The van der Waals surface area contributed by atoms with E-state index in [1.54, 1.807) is 12.3 Å². The van der Waals surface area contributed by atoms with E-state index < -0.39 is 5.40 Å². The van der Waals surface area contributed by atoms with Crippen LogP contribution in [-0.4, -0.2) is 16.9 Å². The summed E-state index contributed by atoms with van der Waals surface area (Å²) in [5.74, 6) is 0.672. The summed E-state index contributed by atoms with van der Waals surface area (Å²) in [5, 5.41) is 2.51. The highest BCUT2D eigenvalue weighted by atomic mass is 79.9. The van der Waals surface area contributed by atoms with Gasteiger partial charge in [-0.2, -0.15) is 0 Å². The van der Waals surface area contributed by atoms with Crippen LogP contribution in [0.2, 0.25) is 0 Å². The smallest absolute Gasteiger partial charge is 0.173 e. The van der Waals surface area contributed by atoms with Gasteiger partial charge < -0.3 is 5.32 Å². The average Bonchev–Trinajstić information content (AvgIpc) is 2.22. The van der Waals surface area contributed by atoms with Gasteiger partial charge in [-0.25, -0.2) is 4.98 Å². The summed E-state index contributed by atoms with van der Waals surface area (Å²) in [6, 6.07) is 3.62. The molecule has 1 rings (SSSR count). The van der Waals surface area contributed by atoms with Crippen molar-refractivity contribution in [2.45, 2.75) is 5.40 Å². The number of aromatic nitrogens is 1. The molecule has 0 unspecified atom stereocenters. The van der Waals surface area contributed by atoms with Crippen LogP contribution in [0.4, 0.5) is 5.82 Å². The first-order valence-electron chi connectivity index (χ1n) is 3.76. The minimum Gasteiger partial charge on any atom is -0.368 e. The van der Waals surface area contributed by atoms with Crippen LogP contribution in [-0.2, 0) is 9.13 Å². The number of halogens is 1. The Morgan fingerprint density at radius 3 is 2.64 bits per heavy atom. The van der Waals surface area contributed by atoms with E-state index in [-0.39, 0.29) is 16.9 Å². The van der Waals surface area contributed by atoms with Crippen molar-refractivity contribution in [2.24, 2.45) is 0 Å². The van der Waals surface area contributed by atoms with E-state index in [0.717, 1.165) is 4.47 Å². The molecule has 0 saturated carbocycles. The Morgan fingerprint density at radius 2 is 2.14 bits per heavy atom. The molecular weight excluding hydrogens is 286 g/mol. The maximum Gasteiger partial charge on any atom is 0.173 e. The van der Waals surface area contributed by atoms with Crippen LogP contribution in [0.25, 0.3) is 0 Å². The van der Waals surface area contributed by atoms with E-state index in [1.807, 2.05) is 6.07 Å². The number of pyridine rings is 1. The number of anilines is 1. The van der Waals surface area contributed by atoms with E-state index in [4.69, 9.17) is 0 Å². The minimum absolute atomic E-state index is 0.129. The number of nitrogens with one attached hydrogen (secondary N) is 1. The quantitative estimate of drug-likeness (QED) is 0.847. The minimum atomic E-state index is -0.416. The summed E-state index contributed by atoms with van der Waals surface area (Å²) in [7, 11) is -0.258. The summed E-state index contributed by atoms with van der Waals surface area (Å²) in [6.07, 6.45) is 1.65. The molecule has 0 atom stereocenters. The predicted molar refractivity (Wildman–Crippen MR) is 59.4 cm³/mol. The summed E-state index contributed by atoms with van der Waals surface area (Å²) < 4.78 is 21.8. The van der Waals surface area contributed by atoms with Gasteiger partial charge in [0, 0.05) is 17.2 Å². The molecule has 0 bridgehead atoms. The number of hydrogen-bond donors (Lipinski definition) is 1. The fraction of sp³-hybridized carbons (Fsp3) is 0.286. The zero-order valence-corrected chi connectivity index (χ0v) is 10.4. The van der Waals surface area contributed by atoms with Gasteiger partial charge in [-0.15, -0.1) is 0 Å². The zero-order chi connectivity index (χ0) is 10.4. The first-order chi connectivity index (χ1) is 6.76. The normalized spacial score (nSPS) is 12.9. The van der Waals surface area contributed by atoms with Crippen molar-refractivity contribution in [3.8, 4) is 0 Å². The molecule has 1 heterocycles. The highest BCUT2D eigenvalue weighted by Crippen LogP contribution is 2.19. The van der Waals surface area contributed by atoms with Gasteiger partial charge >= 0.3 is 0 Å². The molecule has 1 aromatic heterocycles. The van der Waals surface area contributed by atoms with E-state index in [9.17, 15) is 9.13 Å². The molecule has 0 radical (unpaired) electrons. The fourth-order valence-electron chi connectivity index (χ4n) is 0.770. The molecule has 4 nitrogen and oxygen atoms in total. The van der Waals surface area contributed by atoms with Gasteiger partial charge in [0.05, 0.1) is 0 Å². The van der Waals surface area contributed by atoms with Crippen molar-refractivity contribution in [3.63, 3.8) is 0 Å². The molecule has 0 aliphatic carbocycles. The Kier molecular flexibility index (Phi) is 5.16. The molecule has 74 valence electrons. The topological polar surface area (TPSA) is 59.1 Å². The lowest BCUT2D eigenvalue weighted by Gasteiger charge is -2.04. The summed E-state index contributed by atoms with van der Waals surface area (Å²) in [5.41, 5.74) is 0. The zero-order valence-electron chi connectivity index (χ0n) is 7.05. The van der Waals surface area contributed by atoms with E-state index in [0.29, 0.717) is 12.4 Å². The second-order valence-electron chi connectivity index (χ2n) is 2.43. The molecule has 0 amide bonds. The lowest BCUT2D eigenvalue weighted by molar-refractivity contribution is 0.588. The van der Waals surface area contributed by atoms with Gasteiger partial charge in [0.1, 0.15) is 11.2 Å². The Labute approximate surface area is 93.0 Å². The fourth-order valence-corrected chi connectivity index (χ4v) is 1.49. The monoisotopic (exact) mass is 292 g/mol. The van der Waals surface area contributed by atoms with E-state index in [2.05, 4.69) is 26.2 Å². The molecule has 1 N–H and O–H groups in total. The maximum absolute atomic E-state index is 10.4. The Morgan fingerprint density at radius 1 is 1.43 bits per heavy atom. The highest BCUT2D eigenvalue weighted by Gasteiger charge is 2.07. The summed E-state index contributed by atoms with van der Waals surface area (Å²) in [6.45, 7) is 0.366. The Hall–Kier alpha value is -0.370. The van der Waals surface area contributed by atoms with Crippen LogP contribution in [0, 0.1) is 0 Å². The average molecular weight is 293 g/mol. The van der Waals surface area contributed by atoms with Crippen LogP contribution in [0.5, 0.6) is 0 Å². The molecule has 0 fully saturated rings. The molecule has 0 saturated heterocycles. The first-order valence-corrected chi connectivity index (χ1v) is 6.32. The van der Waals surface area contributed by atoms with Crippen molar-refractivity contribution in [2.75, 3.05) is 11.9 Å². The van der Waals surface area contributed by atoms with Crippen LogP contribution in [0.1, 0.15) is 0 Å². The molecule has 0 aliphatic heterocycles. The maximum atomic E-state index is 10.4. The molecule has 0 aromatic carbocycles. The van der Waals surface area contributed by atoms with E-state index >= 15 is 0 Å². The molecule has 14 heavy (non-hydrogen) atoms. The molecule has 7 heteroatoms. The van der Waals surface area contributed by atoms with Gasteiger partial charge in [-0.05, 0) is 28.1 Å². The van der Waals surface area contributed by atoms with E-state index in [1.165, 1.54) is 0 Å². The summed E-state index contributed by atoms with van der Waals surface area (Å²) in [4.78, 5) is 4.05. The second-order valence-corrected chi connectivity index (χ2v) is 5.43. The lowest BCUT2D eigenvalue weighted by Crippen LogP contribution is -2.09. The van der Waals surface area contributed by atoms with Gasteiger partial charge in [0.2, 0.25) is 0 Å². The third-order valence-electron chi connectivity index (χ3n) is 1.44. The SMILES string of the molecule is O=PC(CNc1ccc(Br)cn1)P=O. The molecular formula is C7H7BrN2O2P2. The number of rotatable bonds is 5. The third kappa shape index (κ3) is 3.79. The van der Waals surface area contributed by atoms with Crippen LogP contribution in [0.15, 0.2) is 22.8 Å². The third-order valence-corrected chi connectivity index (χ3v) is 3.32. The van der Waals surface area contributed by atoms with Crippen LogP contribution >= 0.6 is 32.9 Å². The van der Waals surface area contributed by atoms with Crippen LogP contribution in [0.3, 0.4) is 0 Å². The second kappa shape index (κ2) is 6.18. The first kappa shape index (κ1) is 11.7. The standard InChI is InChI=1S/C7H7BrN2O2P2/c8-5-1-2-6(9-3-5)10-4-7(13-11)14-12/h1-3,7H,4H2,(H,9,10). The Bertz CT molecular complexity index is 312. The number of nitrogens with zero attached hydrogens (tertiary/aromatic N) is 1. The van der Waals surface area contributed by atoms with Crippen molar-refractivity contribution >= 4 is 38.7 Å². The predicted octanol–water partition coefficient (Wildman–Crippen LogP) is 3.17. The van der Waals surface area contributed by atoms with Crippen LogP contribution < -0.4 is 5.32 Å². The van der Waals surface area contributed by atoms with Crippen molar-refractivity contribution in [1.29, 1.82) is 0 Å². The number of hydrogen-bond acceptors (Lipinski definition) is 4. The van der Waals surface area contributed by atoms with Crippen molar-refractivity contribution in [3.05, 3.63) is 22.8 Å². The lowest BCUT2D eigenvalue weighted by atomic mass is 10.4. The van der Waals surface area contributed by atoms with Gasteiger partial charge in [-0.3, -0.25) is 9.13 Å². The van der Waals surface area contributed by atoms with Crippen molar-refractivity contribution in [1.82, 2.24) is 4.98 Å². The summed E-state index contributed by atoms with van der Waals surface area (Å²) >= 11 is 3.26. The van der Waals surface area contributed by atoms with Gasteiger partial charge in [0.15, 0.2) is 16.9 Å². The van der Waals surface area contributed by atoms with Gasteiger partial charge in [-0.1, -0.05) is 0 Å². The Balaban J connectivity index is 2.48. The molecule has 1 aromatic rings. The molecule has 0 aliphatic rings.